The van der Waals surface area contributed by atoms with Crippen LogP contribution in [0.2, 0.25) is 0 Å². The van der Waals surface area contributed by atoms with Crippen LogP contribution in [0.25, 0.3) is 11.1 Å². The third-order valence-electron chi connectivity index (χ3n) is 4.27. The minimum Gasteiger partial charge on any atom is -0.481 e. The predicted octanol–water partition coefficient (Wildman–Crippen LogP) is 4.02. The van der Waals surface area contributed by atoms with E-state index in [1.54, 1.807) is 39.0 Å². The SMILES string of the molecule is C=CC[C@H](NC(=O)OC(C)(C)C)c1cc(-c2ccc(NCOC=O)cc2N)cc(OC)n1. The lowest BCUT2D eigenvalue weighted by atomic mass is 10.0. The quantitative estimate of drug-likeness (QED) is 0.166. The molecule has 0 unspecified atom stereocenters. The summed E-state index contributed by atoms with van der Waals surface area (Å²) in [4.78, 5) is 27.1. The fourth-order valence-corrected chi connectivity index (χ4v) is 2.93. The van der Waals surface area contributed by atoms with Crippen LogP contribution in [0.15, 0.2) is 43.0 Å². The Bertz CT molecular complexity index is 956. The van der Waals surface area contributed by atoms with Crippen molar-refractivity contribution in [3.63, 3.8) is 0 Å². The highest BCUT2D eigenvalue weighted by molar-refractivity contribution is 5.80. The molecule has 0 aliphatic heterocycles. The standard InChI is InChI=1S/C23H30N4O5/c1-6-7-19(27-22(29)32-23(2,3)4)20-10-15(11-21(26-20)30-5)17-9-8-16(12-18(17)24)25-13-31-14-28/h6,8-12,14,19,25H,1,7,13,24H2,2-5H3,(H,27,29)/t19-/m0/s1. The first-order chi connectivity index (χ1) is 15.2. The Morgan fingerprint density at radius 2 is 2.03 bits per heavy atom. The van der Waals surface area contributed by atoms with Gasteiger partial charge in [0.15, 0.2) is 6.73 Å². The Morgan fingerprint density at radius 1 is 1.28 bits per heavy atom. The molecule has 9 heteroatoms. The smallest absolute Gasteiger partial charge is 0.408 e. The minimum absolute atomic E-state index is 0.0368. The van der Waals surface area contributed by atoms with Gasteiger partial charge in [-0.25, -0.2) is 9.78 Å². The second-order valence-electron chi connectivity index (χ2n) is 7.93. The van der Waals surface area contributed by atoms with Crippen LogP contribution in [-0.4, -0.2) is 37.0 Å². The van der Waals surface area contributed by atoms with E-state index in [9.17, 15) is 9.59 Å². The van der Waals surface area contributed by atoms with Crippen LogP contribution in [-0.2, 0) is 14.3 Å². The Balaban J connectivity index is 2.37. The van der Waals surface area contributed by atoms with Crippen molar-refractivity contribution in [3.8, 4) is 17.0 Å². The van der Waals surface area contributed by atoms with E-state index in [1.807, 2.05) is 18.2 Å². The monoisotopic (exact) mass is 442 g/mol. The summed E-state index contributed by atoms with van der Waals surface area (Å²) in [5.41, 5.74) is 8.93. The summed E-state index contributed by atoms with van der Waals surface area (Å²) in [6.07, 6.45) is 1.58. The van der Waals surface area contributed by atoms with Crippen molar-refractivity contribution >= 4 is 23.9 Å². The second kappa shape index (κ2) is 11.0. The Morgan fingerprint density at radius 3 is 2.62 bits per heavy atom. The lowest BCUT2D eigenvalue weighted by Gasteiger charge is -2.23. The second-order valence-corrected chi connectivity index (χ2v) is 7.93. The minimum atomic E-state index is -0.628. The normalized spacial score (nSPS) is 11.8. The number of hydrogen-bond acceptors (Lipinski definition) is 8. The number of anilines is 2. The van der Waals surface area contributed by atoms with Crippen molar-refractivity contribution in [2.45, 2.75) is 38.8 Å². The Hall–Kier alpha value is -3.75. The van der Waals surface area contributed by atoms with Crippen LogP contribution in [0.3, 0.4) is 0 Å². The van der Waals surface area contributed by atoms with Crippen LogP contribution >= 0.6 is 0 Å². The van der Waals surface area contributed by atoms with Crippen LogP contribution in [0, 0.1) is 0 Å². The van der Waals surface area contributed by atoms with Gasteiger partial charge in [-0.05, 0) is 51.0 Å². The molecule has 2 aromatic rings. The van der Waals surface area contributed by atoms with Crippen molar-refractivity contribution in [2.75, 3.05) is 24.9 Å². The highest BCUT2D eigenvalue weighted by Crippen LogP contribution is 2.32. The zero-order valence-electron chi connectivity index (χ0n) is 18.8. The zero-order valence-corrected chi connectivity index (χ0v) is 18.8. The number of ether oxygens (including phenoxy) is 3. The molecule has 0 bridgehead atoms. The number of nitrogens with one attached hydrogen (secondary N) is 2. The number of pyridine rings is 1. The van der Waals surface area contributed by atoms with E-state index in [4.69, 9.17) is 15.2 Å². The molecule has 0 saturated heterocycles. The largest absolute Gasteiger partial charge is 0.481 e. The first kappa shape index (κ1) is 24.5. The first-order valence-corrected chi connectivity index (χ1v) is 10.0. The van der Waals surface area contributed by atoms with Crippen LogP contribution < -0.4 is 21.1 Å². The summed E-state index contributed by atoms with van der Waals surface area (Å²) in [6, 6.07) is 8.50. The number of methoxy groups -OCH3 is 1. The van der Waals surface area contributed by atoms with Crippen molar-refractivity contribution in [1.29, 1.82) is 0 Å². The third kappa shape index (κ3) is 7.19. The number of benzene rings is 1. The van der Waals surface area contributed by atoms with E-state index >= 15 is 0 Å². The fourth-order valence-electron chi connectivity index (χ4n) is 2.93. The van der Waals surface area contributed by atoms with Crippen molar-refractivity contribution in [2.24, 2.45) is 0 Å². The molecule has 1 heterocycles. The number of amides is 1. The summed E-state index contributed by atoms with van der Waals surface area (Å²) in [6.45, 7) is 9.56. The van der Waals surface area contributed by atoms with Gasteiger partial charge in [-0.1, -0.05) is 12.1 Å². The molecular weight excluding hydrogens is 412 g/mol. The molecule has 9 nitrogen and oxygen atoms in total. The molecule has 1 amide bonds. The van der Waals surface area contributed by atoms with Crippen LogP contribution in [0.4, 0.5) is 16.2 Å². The molecule has 1 aromatic heterocycles. The highest BCUT2D eigenvalue weighted by atomic mass is 16.6. The average Bonchev–Trinajstić information content (AvgIpc) is 2.72. The average molecular weight is 443 g/mol. The number of hydrogen-bond donors (Lipinski definition) is 3. The zero-order chi connectivity index (χ0) is 23.7. The molecule has 1 atom stereocenters. The van der Waals surface area contributed by atoms with E-state index in [0.29, 0.717) is 35.8 Å². The molecule has 0 aliphatic rings. The van der Waals surface area contributed by atoms with Gasteiger partial charge in [0.05, 0.1) is 18.8 Å². The lowest BCUT2D eigenvalue weighted by molar-refractivity contribution is -0.127. The van der Waals surface area contributed by atoms with E-state index in [-0.39, 0.29) is 6.73 Å². The number of nitrogens with zero attached hydrogens (tertiary/aromatic N) is 1. The first-order valence-electron chi connectivity index (χ1n) is 10.0. The van der Waals surface area contributed by atoms with E-state index in [2.05, 4.69) is 26.9 Å². The van der Waals surface area contributed by atoms with Gasteiger partial charge in [-0.15, -0.1) is 6.58 Å². The number of carbonyl (C=O) groups is 2. The number of carbonyl (C=O) groups excluding carboxylic acids is 2. The van der Waals surface area contributed by atoms with Crippen molar-refractivity contribution in [3.05, 3.63) is 48.7 Å². The number of nitrogens with two attached hydrogens (primary N) is 1. The fraction of sp³-hybridized carbons (Fsp3) is 0.348. The van der Waals surface area contributed by atoms with Gasteiger partial charge < -0.3 is 30.6 Å². The van der Waals surface area contributed by atoms with Crippen LogP contribution in [0.5, 0.6) is 5.88 Å². The maximum atomic E-state index is 12.3. The third-order valence-corrected chi connectivity index (χ3v) is 4.27. The van der Waals surface area contributed by atoms with Gasteiger partial charge in [0, 0.05) is 23.0 Å². The molecule has 0 spiro atoms. The lowest BCUT2D eigenvalue weighted by Crippen LogP contribution is -2.35. The van der Waals surface area contributed by atoms with Gasteiger partial charge in [-0.3, -0.25) is 4.79 Å². The van der Waals surface area contributed by atoms with Gasteiger partial charge in [0.2, 0.25) is 5.88 Å². The number of alkyl carbamates (subject to hydrolysis) is 1. The molecule has 0 saturated carbocycles. The molecule has 0 fully saturated rings. The molecule has 1 aromatic carbocycles. The summed E-state index contributed by atoms with van der Waals surface area (Å²) < 4.78 is 15.4. The summed E-state index contributed by atoms with van der Waals surface area (Å²) in [5.74, 6) is 0.374. The van der Waals surface area contributed by atoms with Crippen LogP contribution in [0.1, 0.15) is 38.9 Å². The van der Waals surface area contributed by atoms with E-state index in [1.165, 1.54) is 7.11 Å². The maximum Gasteiger partial charge on any atom is 0.408 e. The number of aromatic nitrogens is 1. The van der Waals surface area contributed by atoms with E-state index < -0.39 is 17.7 Å². The molecule has 172 valence electrons. The van der Waals surface area contributed by atoms with Crippen molar-refractivity contribution < 1.29 is 23.8 Å². The Labute approximate surface area is 188 Å². The van der Waals surface area contributed by atoms with Gasteiger partial charge in [0.25, 0.3) is 6.47 Å². The molecule has 2 rings (SSSR count). The highest BCUT2D eigenvalue weighted by Gasteiger charge is 2.22. The number of nitrogen functional groups attached to an aromatic ring is 1. The van der Waals surface area contributed by atoms with E-state index in [0.717, 1.165) is 11.1 Å². The van der Waals surface area contributed by atoms with Gasteiger partial charge in [-0.2, -0.15) is 0 Å². The molecule has 4 N–H and O–H groups in total. The molecule has 0 radical (unpaired) electrons. The maximum absolute atomic E-state index is 12.3. The van der Waals surface area contributed by atoms with Gasteiger partial charge in [0.1, 0.15) is 5.60 Å². The molecule has 32 heavy (non-hydrogen) atoms. The molecular formula is C23H30N4O5. The summed E-state index contributed by atoms with van der Waals surface area (Å²) >= 11 is 0. The predicted molar refractivity (Wildman–Crippen MR) is 123 cm³/mol. The number of rotatable bonds is 10. The summed E-state index contributed by atoms with van der Waals surface area (Å²) in [5, 5.41) is 5.77. The van der Waals surface area contributed by atoms with Crippen molar-refractivity contribution in [1.82, 2.24) is 10.3 Å². The Kier molecular flexibility index (Phi) is 8.46. The molecule has 0 aliphatic carbocycles. The summed E-state index contributed by atoms with van der Waals surface area (Å²) in [7, 11) is 1.52. The van der Waals surface area contributed by atoms with Gasteiger partial charge >= 0.3 is 6.09 Å². The topological polar surface area (TPSA) is 125 Å².